The monoisotopic (exact) mass is 222 g/mol. The Morgan fingerprint density at radius 3 is 2.50 bits per heavy atom. The molecule has 2 saturated heterocycles. The van der Waals surface area contributed by atoms with Gasteiger partial charge >= 0.3 is 0 Å². The fourth-order valence-corrected chi connectivity index (χ4v) is 3.35. The molecule has 0 radical (unpaired) electrons. The molecular weight excluding hydrogens is 200 g/mol. The summed E-state index contributed by atoms with van der Waals surface area (Å²) in [5.74, 6) is 0. The summed E-state index contributed by atoms with van der Waals surface area (Å²) < 4.78 is 6.10. The first-order chi connectivity index (χ1) is 7.36. The molecule has 3 heteroatoms. The minimum atomic E-state index is -0.136. The standard InChI is InChI=1S/C13H22N2O/c1-12(2)8-11(13(3,4)16-12)15-7-5-6-10(15)9-14/h10-11H,5-8H2,1-4H3. The zero-order valence-electron chi connectivity index (χ0n) is 10.8. The van der Waals surface area contributed by atoms with Crippen LogP contribution in [0.25, 0.3) is 0 Å². The largest absolute Gasteiger partial charge is 0.368 e. The zero-order valence-corrected chi connectivity index (χ0v) is 10.8. The van der Waals surface area contributed by atoms with Crippen molar-refractivity contribution in [2.45, 2.75) is 70.2 Å². The molecule has 2 rings (SSSR count). The second-order valence-electron chi connectivity index (χ2n) is 6.21. The molecule has 16 heavy (non-hydrogen) atoms. The van der Waals surface area contributed by atoms with Gasteiger partial charge in [-0.1, -0.05) is 0 Å². The van der Waals surface area contributed by atoms with Crippen molar-refractivity contribution in [2.24, 2.45) is 0 Å². The number of ether oxygens (including phenoxy) is 1. The van der Waals surface area contributed by atoms with E-state index >= 15 is 0 Å². The highest BCUT2D eigenvalue weighted by Crippen LogP contribution is 2.42. The van der Waals surface area contributed by atoms with Crippen LogP contribution in [0.3, 0.4) is 0 Å². The molecule has 0 aromatic rings. The highest BCUT2D eigenvalue weighted by atomic mass is 16.5. The molecule has 2 aliphatic rings. The van der Waals surface area contributed by atoms with Crippen LogP contribution >= 0.6 is 0 Å². The van der Waals surface area contributed by atoms with Gasteiger partial charge in [-0.3, -0.25) is 4.90 Å². The van der Waals surface area contributed by atoms with E-state index < -0.39 is 0 Å². The smallest absolute Gasteiger partial charge is 0.0981 e. The molecule has 2 atom stereocenters. The van der Waals surface area contributed by atoms with Gasteiger partial charge in [0.15, 0.2) is 0 Å². The molecule has 0 amide bonds. The minimum Gasteiger partial charge on any atom is -0.368 e. The molecule has 3 nitrogen and oxygen atoms in total. The minimum absolute atomic E-state index is 0.0588. The van der Waals surface area contributed by atoms with E-state index in [0.29, 0.717) is 6.04 Å². The molecule has 0 saturated carbocycles. The fraction of sp³-hybridized carbons (Fsp3) is 0.923. The second kappa shape index (κ2) is 3.72. The van der Waals surface area contributed by atoms with Crippen LogP contribution in [-0.4, -0.2) is 34.7 Å². The number of hydrogen-bond donors (Lipinski definition) is 0. The molecule has 0 aliphatic carbocycles. The van der Waals surface area contributed by atoms with Crippen LogP contribution in [0, 0.1) is 11.3 Å². The van der Waals surface area contributed by atoms with Gasteiger partial charge < -0.3 is 4.74 Å². The molecular formula is C13H22N2O. The number of hydrogen-bond acceptors (Lipinski definition) is 3. The van der Waals surface area contributed by atoms with Crippen molar-refractivity contribution < 1.29 is 4.74 Å². The Morgan fingerprint density at radius 1 is 1.31 bits per heavy atom. The maximum atomic E-state index is 9.16. The lowest BCUT2D eigenvalue weighted by molar-refractivity contribution is -0.0803. The van der Waals surface area contributed by atoms with Crippen molar-refractivity contribution in [3.63, 3.8) is 0 Å². The molecule has 2 heterocycles. The third kappa shape index (κ3) is 1.97. The second-order valence-corrected chi connectivity index (χ2v) is 6.21. The summed E-state index contributed by atoms with van der Waals surface area (Å²) >= 11 is 0. The van der Waals surface area contributed by atoms with Gasteiger partial charge in [-0.05, 0) is 53.5 Å². The molecule has 0 N–H and O–H groups in total. The van der Waals surface area contributed by atoms with Crippen molar-refractivity contribution in [1.82, 2.24) is 4.90 Å². The van der Waals surface area contributed by atoms with E-state index in [4.69, 9.17) is 10.00 Å². The van der Waals surface area contributed by atoms with Crippen LogP contribution in [0.4, 0.5) is 0 Å². The van der Waals surface area contributed by atoms with E-state index in [9.17, 15) is 0 Å². The van der Waals surface area contributed by atoms with E-state index in [0.717, 1.165) is 25.8 Å². The first kappa shape index (κ1) is 11.9. The summed E-state index contributed by atoms with van der Waals surface area (Å²) in [6, 6.07) is 2.91. The quantitative estimate of drug-likeness (QED) is 0.683. The molecule has 2 fully saturated rings. The van der Waals surface area contributed by atoms with Crippen LogP contribution in [-0.2, 0) is 4.74 Å². The summed E-state index contributed by atoms with van der Waals surface area (Å²) in [4.78, 5) is 2.36. The Balaban J connectivity index is 2.18. The van der Waals surface area contributed by atoms with Gasteiger partial charge in [0.25, 0.3) is 0 Å². The number of nitriles is 1. The van der Waals surface area contributed by atoms with Crippen LogP contribution in [0.1, 0.15) is 47.0 Å². The normalized spacial score (nSPS) is 37.4. The van der Waals surface area contributed by atoms with Crippen LogP contribution in [0.2, 0.25) is 0 Å². The summed E-state index contributed by atoms with van der Waals surface area (Å²) in [6.45, 7) is 9.64. The van der Waals surface area contributed by atoms with E-state index in [1.165, 1.54) is 0 Å². The maximum Gasteiger partial charge on any atom is 0.0981 e. The Kier molecular flexibility index (Phi) is 2.76. The molecule has 2 aliphatic heterocycles. The molecule has 0 aromatic carbocycles. The summed E-state index contributed by atoms with van der Waals surface area (Å²) in [6.07, 6.45) is 3.19. The van der Waals surface area contributed by atoms with Gasteiger partial charge in [0.1, 0.15) is 0 Å². The van der Waals surface area contributed by atoms with Gasteiger partial charge in [0, 0.05) is 6.04 Å². The predicted octanol–water partition coefficient (Wildman–Crippen LogP) is 2.32. The van der Waals surface area contributed by atoms with Gasteiger partial charge in [-0.25, -0.2) is 0 Å². The number of nitrogens with zero attached hydrogens (tertiary/aromatic N) is 2. The average Bonchev–Trinajstić information content (AvgIpc) is 2.66. The van der Waals surface area contributed by atoms with E-state index in [1.807, 2.05) is 0 Å². The van der Waals surface area contributed by atoms with Gasteiger partial charge in [0.2, 0.25) is 0 Å². The van der Waals surface area contributed by atoms with Crippen molar-refractivity contribution in [1.29, 1.82) is 5.26 Å². The van der Waals surface area contributed by atoms with Gasteiger partial charge in [-0.15, -0.1) is 0 Å². The molecule has 2 unspecified atom stereocenters. The fourth-order valence-electron chi connectivity index (χ4n) is 3.35. The summed E-state index contributed by atoms with van der Waals surface area (Å²) in [5, 5.41) is 9.16. The first-order valence-electron chi connectivity index (χ1n) is 6.21. The molecule has 0 aromatic heterocycles. The van der Waals surface area contributed by atoms with Crippen LogP contribution in [0.5, 0.6) is 0 Å². The number of rotatable bonds is 1. The lowest BCUT2D eigenvalue weighted by atomic mass is 9.92. The van der Waals surface area contributed by atoms with Crippen LogP contribution < -0.4 is 0 Å². The highest BCUT2D eigenvalue weighted by Gasteiger charge is 2.50. The third-order valence-corrected chi connectivity index (χ3v) is 3.87. The lowest BCUT2D eigenvalue weighted by Crippen LogP contribution is -2.48. The SMILES string of the molecule is CC1(C)CC(N2CCCC2C#N)C(C)(C)O1. The predicted molar refractivity (Wildman–Crippen MR) is 63.0 cm³/mol. The maximum absolute atomic E-state index is 9.16. The van der Waals surface area contributed by atoms with E-state index in [-0.39, 0.29) is 17.2 Å². The average molecular weight is 222 g/mol. The Morgan fingerprint density at radius 2 is 2.00 bits per heavy atom. The summed E-state index contributed by atoms with van der Waals surface area (Å²) in [5.41, 5.74) is -0.195. The van der Waals surface area contributed by atoms with Gasteiger partial charge in [0.05, 0.1) is 23.3 Å². The van der Waals surface area contributed by atoms with Gasteiger partial charge in [-0.2, -0.15) is 5.26 Å². The molecule has 0 spiro atoms. The Bertz CT molecular complexity index is 316. The highest BCUT2D eigenvalue weighted by molar-refractivity contribution is 5.06. The van der Waals surface area contributed by atoms with E-state index in [1.54, 1.807) is 0 Å². The van der Waals surface area contributed by atoms with Crippen molar-refractivity contribution in [3.05, 3.63) is 0 Å². The lowest BCUT2D eigenvalue weighted by Gasteiger charge is -2.35. The van der Waals surface area contributed by atoms with Crippen LogP contribution in [0.15, 0.2) is 0 Å². The zero-order chi connectivity index (χ0) is 12.0. The Hall–Kier alpha value is -0.590. The van der Waals surface area contributed by atoms with E-state index in [2.05, 4.69) is 38.7 Å². The molecule has 0 bridgehead atoms. The number of likely N-dealkylation sites (tertiary alicyclic amines) is 1. The Labute approximate surface area is 98.4 Å². The summed E-state index contributed by atoms with van der Waals surface area (Å²) in [7, 11) is 0. The molecule has 90 valence electrons. The van der Waals surface area contributed by atoms with Crippen molar-refractivity contribution in [3.8, 4) is 6.07 Å². The third-order valence-electron chi connectivity index (χ3n) is 3.87. The first-order valence-corrected chi connectivity index (χ1v) is 6.21. The van der Waals surface area contributed by atoms with Crippen molar-refractivity contribution >= 4 is 0 Å². The van der Waals surface area contributed by atoms with Crippen molar-refractivity contribution in [2.75, 3.05) is 6.54 Å². The topological polar surface area (TPSA) is 36.3 Å².